The number of H-pyrrole nitrogens is 1. The van der Waals surface area contributed by atoms with Gasteiger partial charge in [-0.1, -0.05) is 6.07 Å². The number of nitriles is 2. The lowest BCUT2D eigenvalue weighted by molar-refractivity contribution is 0.815. The number of aromatic amines is 1. The maximum absolute atomic E-state index is 9.59. The zero-order chi connectivity index (χ0) is 17.3. The van der Waals surface area contributed by atoms with Crippen molar-refractivity contribution in [3.8, 4) is 12.1 Å². The van der Waals surface area contributed by atoms with Gasteiger partial charge in [-0.2, -0.15) is 15.6 Å². The molecule has 0 saturated carbocycles. The fourth-order valence-electron chi connectivity index (χ4n) is 3.14. The van der Waals surface area contributed by atoms with E-state index in [1.165, 1.54) is 0 Å². The SMILES string of the molecule is CCNc1n[nH]c2ccc(C3C(C#N)=C(C)NC(C)=C3C#N)cc12.Cl. The number of rotatable bonds is 3. The van der Waals surface area contributed by atoms with E-state index in [0.29, 0.717) is 11.1 Å². The smallest absolute Gasteiger partial charge is 0.155 e. The van der Waals surface area contributed by atoms with Crippen LogP contribution in [0.3, 0.4) is 0 Å². The quantitative estimate of drug-likeness (QED) is 0.780. The Morgan fingerprint density at radius 2 is 1.80 bits per heavy atom. The third-order valence-corrected chi connectivity index (χ3v) is 4.27. The van der Waals surface area contributed by atoms with E-state index in [2.05, 4.69) is 33.0 Å². The van der Waals surface area contributed by atoms with Crippen molar-refractivity contribution in [3.05, 3.63) is 46.3 Å². The number of anilines is 1. The zero-order valence-corrected chi connectivity index (χ0v) is 15.1. The number of halogens is 1. The number of hydrogen-bond acceptors (Lipinski definition) is 5. The number of dihydropyridines is 1. The number of allylic oxidation sites excluding steroid dienone is 4. The molecule has 128 valence electrons. The topological polar surface area (TPSA) is 100 Å². The Morgan fingerprint density at radius 1 is 1.16 bits per heavy atom. The first kappa shape index (κ1) is 18.4. The van der Waals surface area contributed by atoms with Crippen LogP contribution in [-0.2, 0) is 0 Å². The molecule has 0 radical (unpaired) electrons. The molecule has 6 nitrogen and oxygen atoms in total. The van der Waals surface area contributed by atoms with Crippen LogP contribution >= 0.6 is 12.4 Å². The van der Waals surface area contributed by atoms with Crippen LogP contribution in [0, 0.1) is 22.7 Å². The number of hydrogen-bond donors (Lipinski definition) is 3. The van der Waals surface area contributed by atoms with E-state index >= 15 is 0 Å². The van der Waals surface area contributed by atoms with Crippen LogP contribution in [-0.4, -0.2) is 16.7 Å². The molecule has 0 fully saturated rings. The highest BCUT2D eigenvalue weighted by Crippen LogP contribution is 2.38. The summed E-state index contributed by atoms with van der Waals surface area (Å²) in [6, 6.07) is 10.4. The lowest BCUT2D eigenvalue weighted by Gasteiger charge is -2.26. The Labute approximate surface area is 152 Å². The average molecular weight is 355 g/mol. The molecule has 0 bridgehead atoms. The van der Waals surface area contributed by atoms with E-state index in [1.54, 1.807) is 0 Å². The molecule has 1 aliphatic rings. The summed E-state index contributed by atoms with van der Waals surface area (Å²) < 4.78 is 0. The summed E-state index contributed by atoms with van der Waals surface area (Å²) in [6.07, 6.45) is 0. The van der Waals surface area contributed by atoms with Crippen molar-refractivity contribution < 1.29 is 0 Å². The minimum atomic E-state index is -0.352. The van der Waals surface area contributed by atoms with Crippen LogP contribution in [0.4, 0.5) is 5.82 Å². The second-order valence-corrected chi connectivity index (χ2v) is 5.77. The van der Waals surface area contributed by atoms with Crippen molar-refractivity contribution in [1.82, 2.24) is 15.5 Å². The first-order valence-electron chi connectivity index (χ1n) is 7.81. The standard InChI is InChI=1S/C18H18N6.ClH/c1-4-21-18-13-7-12(5-6-16(13)23-24-18)17-14(8-19)10(2)22-11(3)15(17)9-20;/h5-7,17,22H,4H2,1-3H3,(H2,21,23,24);1H. The molecule has 1 aromatic carbocycles. The molecule has 0 unspecified atom stereocenters. The molecule has 2 heterocycles. The van der Waals surface area contributed by atoms with Gasteiger partial charge >= 0.3 is 0 Å². The van der Waals surface area contributed by atoms with Gasteiger partial charge in [0.05, 0.1) is 34.7 Å². The molecule has 1 aromatic heterocycles. The van der Waals surface area contributed by atoms with Gasteiger partial charge in [-0.05, 0) is 38.5 Å². The van der Waals surface area contributed by atoms with Gasteiger partial charge in [0.2, 0.25) is 0 Å². The van der Waals surface area contributed by atoms with E-state index in [1.807, 2.05) is 39.0 Å². The van der Waals surface area contributed by atoms with Crippen molar-refractivity contribution in [1.29, 1.82) is 10.5 Å². The Balaban J connectivity index is 0.00000225. The molecular weight excluding hydrogens is 336 g/mol. The van der Waals surface area contributed by atoms with Gasteiger partial charge in [0, 0.05) is 23.3 Å². The lowest BCUT2D eigenvalue weighted by atomic mass is 9.81. The van der Waals surface area contributed by atoms with Gasteiger partial charge < -0.3 is 10.6 Å². The summed E-state index contributed by atoms with van der Waals surface area (Å²) in [5.74, 6) is 0.428. The number of nitrogens with one attached hydrogen (secondary N) is 3. The van der Waals surface area contributed by atoms with Crippen molar-refractivity contribution in [3.63, 3.8) is 0 Å². The molecule has 3 N–H and O–H groups in total. The minimum absolute atomic E-state index is 0. The summed E-state index contributed by atoms with van der Waals surface area (Å²) in [5.41, 5.74) is 4.56. The van der Waals surface area contributed by atoms with Crippen molar-refractivity contribution in [2.24, 2.45) is 0 Å². The summed E-state index contributed by atoms with van der Waals surface area (Å²) in [7, 11) is 0. The van der Waals surface area contributed by atoms with Gasteiger partial charge in [-0.25, -0.2) is 0 Å². The molecule has 0 spiro atoms. The Hall–Kier alpha value is -2.96. The number of fused-ring (bicyclic) bond motifs is 1. The normalized spacial score (nSPS) is 14.6. The maximum atomic E-state index is 9.59. The molecule has 0 amide bonds. The molecule has 0 aliphatic carbocycles. The zero-order valence-electron chi connectivity index (χ0n) is 14.3. The second-order valence-electron chi connectivity index (χ2n) is 5.77. The van der Waals surface area contributed by atoms with Crippen LogP contribution in [0.2, 0.25) is 0 Å². The molecule has 0 atom stereocenters. The van der Waals surface area contributed by atoms with Crippen molar-refractivity contribution in [2.75, 3.05) is 11.9 Å². The average Bonchev–Trinajstić information content (AvgIpc) is 2.97. The summed E-state index contributed by atoms with van der Waals surface area (Å²) in [6.45, 7) is 6.51. The lowest BCUT2D eigenvalue weighted by Crippen LogP contribution is -2.23. The monoisotopic (exact) mass is 354 g/mol. The molecular formula is C18H19ClN6. The highest BCUT2D eigenvalue weighted by atomic mass is 35.5. The van der Waals surface area contributed by atoms with Gasteiger partial charge in [0.1, 0.15) is 0 Å². The van der Waals surface area contributed by atoms with E-state index < -0.39 is 0 Å². The predicted octanol–water partition coefficient (Wildman–Crippen LogP) is 3.70. The van der Waals surface area contributed by atoms with E-state index in [4.69, 9.17) is 0 Å². The number of nitrogens with zero attached hydrogens (tertiary/aromatic N) is 3. The molecule has 1 aliphatic heterocycles. The van der Waals surface area contributed by atoms with Crippen LogP contribution in [0.15, 0.2) is 40.7 Å². The van der Waals surface area contributed by atoms with Crippen molar-refractivity contribution >= 4 is 29.1 Å². The second kappa shape index (κ2) is 7.29. The maximum Gasteiger partial charge on any atom is 0.155 e. The van der Waals surface area contributed by atoms with Crippen molar-refractivity contribution in [2.45, 2.75) is 26.7 Å². The first-order chi connectivity index (χ1) is 11.6. The summed E-state index contributed by atoms with van der Waals surface area (Å²) in [5, 5.41) is 33.8. The van der Waals surface area contributed by atoms with Gasteiger partial charge in [-0.3, -0.25) is 5.10 Å². The van der Waals surface area contributed by atoms with E-state index in [0.717, 1.165) is 40.2 Å². The third kappa shape index (κ3) is 3.05. The van der Waals surface area contributed by atoms with Crippen LogP contribution in [0.5, 0.6) is 0 Å². The number of aromatic nitrogens is 2. The third-order valence-electron chi connectivity index (χ3n) is 4.27. The fraction of sp³-hybridized carbons (Fsp3) is 0.278. The Bertz CT molecular complexity index is 918. The van der Waals surface area contributed by atoms with E-state index in [9.17, 15) is 10.5 Å². The van der Waals surface area contributed by atoms with Gasteiger partial charge in [0.15, 0.2) is 5.82 Å². The van der Waals surface area contributed by atoms with E-state index in [-0.39, 0.29) is 18.3 Å². The van der Waals surface area contributed by atoms with Crippen LogP contribution in [0.25, 0.3) is 10.9 Å². The predicted molar refractivity (Wildman–Crippen MR) is 100 cm³/mol. The Kier molecular flexibility index (Phi) is 5.36. The summed E-state index contributed by atoms with van der Waals surface area (Å²) >= 11 is 0. The Morgan fingerprint density at radius 3 is 2.36 bits per heavy atom. The molecule has 7 heteroatoms. The molecule has 3 rings (SSSR count). The molecule has 2 aromatic rings. The summed E-state index contributed by atoms with van der Waals surface area (Å²) in [4.78, 5) is 0. The van der Waals surface area contributed by atoms with Crippen LogP contribution in [0.1, 0.15) is 32.3 Å². The van der Waals surface area contributed by atoms with Crippen LogP contribution < -0.4 is 10.6 Å². The minimum Gasteiger partial charge on any atom is -0.368 e. The molecule has 0 saturated heterocycles. The fourth-order valence-corrected chi connectivity index (χ4v) is 3.14. The number of benzene rings is 1. The highest BCUT2D eigenvalue weighted by molar-refractivity contribution is 5.90. The van der Waals surface area contributed by atoms with Gasteiger partial charge in [0.25, 0.3) is 0 Å². The highest BCUT2D eigenvalue weighted by Gasteiger charge is 2.29. The van der Waals surface area contributed by atoms with Gasteiger partial charge in [-0.15, -0.1) is 12.4 Å². The largest absolute Gasteiger partial charge is 0.368 e. The molecule has 25 heavy (non-hydrogen) atoms. The first-order valence-corrected chi connectivity index (χ1v) is 7.81.